The van der Waals surface area contributed by atoms with E-state index in [4.69, 9.17) is 5.73 Å². The molecule has 3 nitrogen and oxygen atoms in total. The van der Waals surface area contributed by atoms with Crippen LogP contribution in [-0.4, -0.2) is 11.5 Å². The molecular weight excluding hydrogens is 206 g/mol. The Morgan fingerprint density at radius 2 is 2.27 bits per heavy atom. The zero-order valence-electron chi connectivity index (χ0n) is 9.04. The topological polar surface area (TPSA) is 50.9 Å². The maximum Gasteiger partial charge on any atom is 0.184 e. The number of hydrogen-bond acceptors (Lipinski definition) is 4. The largest absolute Gasteiger partial charge is 0.389 e. The molecule has 84 valence electrons. The van der Waals surface area contributed by atoms with Crippen molar-refractivity contribution in [1.82, 2.24) is 4.98 Å². The van der Waals surface area contributed by atoms with Crippen LogP contribution in [-0.2, 0) is 0 Å². The lowest BCUT2D eigenvalue weighted by molar-refractivity contribution is 0.491. The quantitative estimate of drug-likeness (QED) is 0.757. The Labute approximate surface area is 95.1 Å². The van der Waals surface area contributed by atoms with Crippen LogP contribution in [0.15, 0.2) is 6.20 Å². The van der Waals surface area contributed by atoms with Gasteiger partial charge < -0.3 is 11.1 Å². The van der Waals surface area contributed by atoms with E-state index in [9.17, 15) is 0 Å². The molecule has 1 heterocycles. The fourth-order valence-corrected chi connectivity index (χ4v) is 2.86. The van der Waals surface area contributed by atoms with E-state index in [-0.39, 0.29) is 0 Å². The maximum atomic E-state index is 5.60. The van der Waals surface area contributed by atoms with Crippen LogP contribution in [0.25, 0.3) is 0 Å². The number of nitrogens with zero attached hydrogens (tertiary/aromatic N) is 1. The van der Waals surface area contributed by atoms with E-state index in [1.54, 1.807) is 6.20 Å². The monoisotopic (exact) mass is 225 g/mol. The van der Waals surface area contributed by atoms with Crippen LogP contribution >= 0.6 is 11.3 Å². The highest BCUT2D eigenvalue weighted by Crippen LogP contribution is 2.28. The first-order valence-electron chi connectivity index (χ1n) is 5.80. The van der Waals surface area contributed by atoms with Gasteiger partial charge >= 0.3 is 0 Å². The Kier molecular flexibility index (Phi) is 3.83. The normalized spacial score (nSPS) is 17.1. The zero-order valence-corrected chi connectivity index (χ0v) is 9.85. The summed E-state index contributed by atoms with van der Waals surface area (Å²) >= 11 is 1.53. The third-order valence-electron chi connectivity index (χ3n) is 3.06. The van der Waals surface area contributed by atoms with Gasteiger partial charge in [0.25, 0.3) is 0 Å². The maximum absolute atomic E-state index is 5.60. The van der Waals surface area contributed by atoms with Gasteiger partial charge in [0.2, 0.25) is 0 Å². The first-order chi connectivity index (χ1) is 7.34. The molecule has 0 amide bonds. The predicted molar refractivity (Wildman–Crippen MR) is 66.2 cm³/mol. The van der Waals surface area contributed by atoms with Crippen molar-refractivity contribution in [2.75, 3.05) is 17.6 Å². The summed E-state index contributed by atoms with van der Waals surface area (Å²) in [6.07, 6.45) is 10.1. The fourth-order valence-electron chi connectivity index (χ4n) is 2.25. The SMILES string of the molecule is Nc1cnc(NCCCC2CCCC2)s1. The summed E-state index contributed by atoms with van der Waals surface area (Å²) in [7, 11) is 0. The molecule has 0 bridgehead atoms. The molecule has 15 heavy (non-hydrogen) atoms. The lowest BCUT2D eigenvalue weighted by atomic mass is 10.0. The minimum Gasteiger partial charge on any atom is -0.389 e. The second-order valence-electron chi connectivity index (χ2n) is 4.29. The molecular formula is C11H19N3S. The molecule has 1 fully saturated rings. The zero-order chi connectivity index (χ0) is 10.5. The molecule has 0 saturated heterocycles. The van der Waals surface area contributed by atoms with Gasteiger partial charge in [-0.05, 0) is 18.8 Å². The molecule has 0 atom stereocenters. The van der Waals surface area contributed by atoms with Crippen molar-refractivity contribution in [2.45, 2.75) is 38.5 Å². The number of nitrogen functional groups attached to an aromatic ring is 1. The Morgan fingerprint density at radius 1 is 1.47 bits per heavy atom. The summed E-state index contributed by atoms with van der Waals surface area (Å²) in [6.45, 7) is 1.03. The van der Waals surface area contributed by atoms with Crippen molar-refractivity contribution in [3.8, 4) is 0 Å². The summed E-state index contributed by atoms with van der Waals surface area (Å²) in [5.74, 6) is 0.994. The van der Waals surface area contributed by atoms with E-state index in [2.05, 4.69) is 10.3 Å². The second kappa shape index (κ2) is 5.35. The molecule has 1 aliphatic rings. The molecule has 0 aliphatic heterocycles. The molecule has 1 aromatic rings. The van der Waals surface area contributed by atoms with Crippen molar-refractivity contribution in [1.29, 1.82) is 0 Å². The molecule has 1 saturated carbocycles. The molecule has 1 aromatic heterocycles. The number of aromatic nitrogens is 1. The first-order valence-corrected chi connectivity index (χ1v) is 6.61. The van der Waals surface area contributed by atoms with Crippen molar-refractivity contribution in [3.05, 3.63) is 6.20 Å². The van der Waals surface area contributed by atoms with Gasteiger partial charge in [-0.2, -0.15) is 0 Å². The Balaban J connectivity index is 1.58. The minimum atomic E-state index is 0.785. The van der Waals surface area contributed by atoms with E-state index in [0.29, 0.717) is 0 Å². The van der Waals surface area contributed by atoms with Crippen LogP contribution in [0, 0.1) is 5.92 Å². The van der Waals surface area contributed by atoms with Crippen molar-refractivity contribution < 1.29 is 0 Å². The Bertz CT molecular complexity index is 292. The van der Waals surface area contributed by atoms with E-state index >= 15 is 0 Å². The summed E-state index contributed by atoms with van der Waals surface area (Å²) in [6, 6.07) is 0. The molecule has 0 radical (unpaired) electrons. The highest BCUT2D eigenvalue weighted by atomic mass is 32.1. The van der Waals surface area contributed by atoms with Gasteiger partial charge in [-0.15, -0.1) is 0 Å². The number of hydrogen-bond donors (Lipinski definition) is 2. The van der Waals surface area contributed by atoms with E-state index in [1.807, 2.05) is 0 Å². The van der Waals surface area contributed by atoms with Gasteiger partial charge in [0, 0.05) is 6.54 Å². The molecule has 3 N–H and O–H groups in total. The van der Waals surface area contributed by atoms with E-state index in [1.165, 1.54) is 49.9 Å². The second-order valence-corrected chi connectivity index (χ2v) is 5.35. The predicted octanol–water partition coefficient (Wildman–Crippen LogP) is 3.11. The lowest BCUT2D eigenvalue weighted by Crippen LogP contribution is -2.03. The summed E-state index contributed by atoms with van der Waals surface area (Å²) in [5.41, 5.74) is 5.60. The van der Waals surface area contributed by atoms with Crippen molar-refractivity contribution in [2.24, 2.45) is 5.92 Å². The van der Waals surface area contributed by atoms with E-state index in [0.717, 1.165) is 22.6 Å². The molecule has 4 heteroatoms. The van der Waals surface area contributed by atoms with Crippen molar-refractivity contribution in [3.63, 3.8) is 0 Å². The van der Waals surface area contributed by atoms with Crippen LogP contribution in [0.5, 0.6) is 0 Å². The Morgan fingerprint density at radius 3 is 2.93 bits per heavy atom. The van der Waals surface area contributed by atoms with Crippen LogP contribution < -0.4 is 11.1 Å². The van der Waals surface area contributed by atoms with Gasteiger partial charge in [-0.1, -0.05) is 37.0 Å². The number of anilines is 2. The standard InChI is InChI=1S/C11H19N3S/c12-10-8-14-11(15-10)13-7-3-6-9-4-1-2-5-9/h8-9H,1-7,12H2,(H,13,14). The Hall–Kier alpha value is -0.770. The number of thiazole rings is 1. The summed E-state index contributed by atoms with van der Waals surface area (Å²) < 4.78 is 0. The van der Waals surface area contributed by atoms with Gasteiger partial charge in [-0.25, -0.2) is 4.98 Å². The summed E-state index contributed by atoms with van der Waals surface area (Å²) in [5, 5.41) is 5.06. The number of nitrogens with one attached hydrogen (secondary N) is 1. The molecule has 2 rings (SSSR count). The lowest BCUT2D eigenvalue weighted by Gasteiger charge is -2.08. The molecule has 0 spiro atoms. The average molecular weight is 225 g/mol. The minimum absolute atomic E-state index is 0.785. The highest BCUT2D eigenvalue weighted by Gasteiger charge is 2.13. The van der Waals surface area contributed by atoms with Crippen LogP contribution in [0.3, 0.4) is 0 Å². The van der Waals surface area contributed by atoms with Gasteiger partial charge in [0.05, 0.1) is 6.20 Å². The molecule has 0 unspecified atom stereocenters. The fraction of sp³-hybridized carbons (Fsp3) is 0.727. The van der Waals surface area contributed by atoms with Gasteiger partial charge in [-0.3, -0.25) is 0 Å². The third kappa shape index (κ3) is 3.38. The third-order valence-corrected chi connectivity index (χ3v) is 3.85. The van der Waals surface area contributed by atoms with Crippen LogP contribution in [0.4, 0.5) is 10.1 Å². The number of nitrogens with two attached hydrogens (primary N) is 1. The van der Waals surface area contributed by atoms with Crippen LogP contribution in [0.2, 0.25) is 0 Å². The summed E-state index contributed by atoms with van der Waals surface area (Å²) in [4.78, 5) is 4.17. The molecule has 0 aromatic carbocycles. The highest BCUT2D eigenvalue weighted by molar-refractivity contribution is 7.19. The van der Waals surface area contributed by atoms with Crippen molar-refractivity contribution >= 4 is 21.5 Å². The molecule has 1 aliphatic carbocycles. The number of rotatable bonds is 5. The average Bonchev–Trinajstić information content (AvgIpc) is 2.84. The van der Waals surface area contributed by atoms with E-state index < -0.39 is 0 Å². The van der Waals surface area contributed by atoms with Crippen LogP contribution in [0.1, 0.15) is 38.5 Å². The first kappa shape index (κ1) is 10.7. The van der Waals surface area contributed by atoms with Gasteiger partial charge in [0.1, 0.15) is 5.00 Å². The smallest absolute Gasteiger partial charge is 0.184 e. The van der Waals surface area contributed by atoms with Gasteiger partial charge in [0.15, 0.2) is 5.13 Å².